The van der Waals surface area contributed by atoms with Gasteiger partial charge < -0.3 is 15.5 Å². The summed E-state index contributed by atoms with van der Waals surface area (Å²) >= 11 is 0. The van der Waals surface area contributed by atoms with Crippen LogP contribution in [0.2, 0.25) is 0 Å². The van der Waals surface area contributed by atoms with Crippen molar-refractivity contribution in [2.75, 3.05) is 18.4 Å². The van der Waals surface area contributed by atoms with E-state index in [0.717, 1.165) is 24.2 Å². The Morgan fingerprint density at radius 1 is 1.23 bits per heavy atom. The molecule has 1 aliphatic rings. The van der Waals surface area contributed by atoms with Crippen molar-refractivity contribution in [3.05, 3.63) is 59.9 Å². The summed E-state index contributed by atoms with van der Waals surface area (Å²) in [6.45, 7) is 2.85. The third-order valence-corrected chi connectivity index (χ3v) is 4.57. The zero-order valence-electron chi connectivity index (χ0n) is 14.9. The van der Waals surface area contributed by atoms with Gasteiger partial charge >= 0.3 is 6.03 Å². The number of rotatable bonds is 4. The molecule has 3 rings (SSSR count). The van der Waals surface area contributed by atoms with Gasteiger partial charge in [-0.1, -0.05) is 18.2 Å². The van der Waals surface area contributed by atoms with Gasteiger partial charge in [-0.2, -0.15) is 0 Å². The molecule has 0 spiro atoms. The molecule has 1 atom stereocenters. The molecule has 6 nitrogen and oxygen atoms in total. The SMILES string of the molecule is CC1CNC(=O)CCN1C(=O)Nc1ccc(CCc2ccccn2)cc1. The van der Waals surface area contributed by atoms with Gasteiger partial charge in [-0.25, -0.2) is 4.79 Å². The van der Waals surface area contributed by atoms with Crippen LogP contribution in [0, 0.1) is 0 Å². The standard InChI is InChI=1S/C20H24N4O2/c1-15-14-22-19(25)11-13-24(15)20(26)23-18-9-6-16(7-10-18)5-8-17-4-2-3-12-21-17/h2-4,6-7,9-10,12,15H,5,8,11,13-14H2,1H3,(H,22,25)(H,23,26). The summed E-state index contributed by atoms with van der Waals surface area (Å²) in [5, 5.41) is 5.73. The van der Waals surface area contributed by atoms with Crippen LogP contribution in [0.5, 0.6) is 0 Å². The zero-order chi connectivity index (χ0) is 18.4. The molecule has 1 aliphatic heterocycles. The number of hydrogen-bond acceptors (Lipinski definition) is 3. The van der Waals surface area contributed by atoms with Crippen LogP contribution in [0.3, 0.4) is 0 Å². The fourth-order valence-electron chi connectivity index (χ4n) is 2.97. The van der Waals surface area contributed by atoms with Crippen LogP contribution in [-0.4, -0.2) is 41.0 Å². The minimum atomic E-state index is -0.171. The number of hydrogen-bond donors (Lipinski definition) is 2. The molecule has 0 radical (unpaired) electrons. The minimum absolute atomic E-state index is 0.00981. The molecule has 136 valence electrons. The molecule has 1 saturated heterocycles. The monoisotopic (exact) mass is 352 g/mol. The molecule has 2 aromatic rings. The summed E-state index contributed by atoms with van der Waals surface area (Å²) in [4.78, 5) is 30.0. The molecular weight excluding hydrogens is 328 g/mol. The number of benzene rings is 1. The van der Waals surface area contributed by atoms with Crippen molar-refractivity contribution in [1.82, 2.24) is 15.2 Å². The first-order chi connectivity index (χ1) is 12.6. The normalized spacial score (nSPS) is 17.3. The average molecular weight is 352 g/mol. The summed E-state index contributed by atoms with van der Waals surface area (Å²) in [6.07, 6.45) is 3.94. The van der Waals surface area contributed by atoms with E-state index in [1.54, 1.807) is 11.1 Å². The Labute approximate surface area is 153 Å². The number of carbonyl (C=O) groups excluding carboxylic acids is 2. The summed E-state index contributed by atoms with van der Waals surface area (Å²) < 4.78 is 0. The van der Waals surface area contributed by atoms with E-state index >= 15 is 0 Å². The van der Waals surface area contributed by atoms with E-state index in [1.165, 1.54) is 5.56 Å². The number of pyridine rings is 1. The lowest BCUT2D eigenvalue weighted by molar-refractivity contribution is -0.120. The van der Waals surface area contributed by atoms with Gasteiger partial charge in [-0.3, -0.25) is 9.78 Å². The van der Waals surface area contributed by atoms with Gasteiger partial charge in [-0.15, -0.1) is 0 Å². The van der Waals surface area contributed by atoms with Crippen molar-refractivity contribution in [1.29, 1.82) is 0 Å². The number of nitrogens with zero attached hydrogens (tertiary/aromatic N) is 2. The average Bonchev–Trinajstić information content (AvgIpc) is 2.83. The smallest absolute Gasteiger partial charge is 0.322 e. The van der Waals surface area contributed by atoms with E-state index in [0.29, 0.717) is 19.5 Å². The number of anilines is 1. The number of urea groups is 1. The first-order valence-electron chi connectivity index (χ1n) is 8.95. The second-order valence-corrected chi connectivity index (χ2v) is 6.54. The Morgan fingerprint density at radius 3 is 2.77 bits per heavy atom. The van der Waals surface area contributed by atoms with Gasteiger partial charge in [-0.05, 0) is 49.6 Å². The van der Waals surface area contributed by atoms with Crippen LogP contribution in [0.4, 0.5) is 10.5 Å². The summed E-state index contributed by atoms with van der Waals surface area (Å²) in [5.41, 5.74) is 3.03. The van der Waals surface area contributed by atoms with E-state index in [2.05, 4.69) is 15.6 Å². The van der Waals surface area contributed by atoms with E-state index in [9.17, 15) is 9.59 Å². The molecule has 0 aliphatic carbocycles. The third-order valence-electron chi connectivity index (χ3n) is 4.57. The molecule has 1 aromatic heterocycles. The lowest BCUT2D eigenvalue weighted by Crippen LogP contribution is -2.44. The Bertz CT molecular complexity index is 746. The van der Waals surface area contributed by atoms with Gasteiger partial charge in [0, 0.05) is 43.1 Å². The summed E-state index contributed by atoms with van der Waals surface area (Å²) in [5.74, 6) is -0.00981. The van der Waals surface area contributed by atoms with Crippen molar-refractivity contribution >= 4 is 17.6 Å². The quantitative estimate of drug-likeness (QED) is 0.888. The molecule has 3 amide bonds. The van der Waals surface area contributed by atoms with E-state index < -0.39 is 0 Å². The van der Waals surface area contributed by atoms with Crippen LogP contribution in [0.1, 0.15) is 24.6 Å². The van der Waals surface area contributed by atoms with Crippen molar-refractivity contribution in [2.24, 2.45) is 0 Å². The largest absolute Gasteiger partial charge is 0.354 e. The van der Waals surface area contributed by atoms with Crippen molar-refractivity contribution in [2.45, 2.75) is 32.2 Å². The Hall–Kier alpha value is -2.89. The molecule has 1 aromatic carbocycles. The van der Waals surface area contributed by atoms with Crippen LogP contribution in [-0.2, 0) is 17.6 Å². The first-order valence-corrected chi connectivity index (χ1v) is 8.95. The van der Waals surface area contributed by atoms with Gasteiger partial charge in [0.2, 0.25) is 5.91 Å². The molecule has 6 heteroatoms. The van der Waals surface area contributed by atoms with Gasteiger partial charge in [0.1, 0.15) is 0 Å². The second-order valence-electron chi connectivity index (χ2n) is 6.54. The number of nitrogens with one attached hydrogen (secondary N) is 2. The van der Waals surface area contributed by atoms with Crippen molar-refractivity contribution < 1.29 is 9.59 Å². The highest BCUT2D eigenvalue weighted by molar-refractivity contribution is 5.90. The van der Waals surface area contributed by atoms with Crippen LogP contribution < -0.4 is 10.6 Å². The highest BCUT2D eigenvalue weighted by Crippen LogP contribution is 2.14. The van der Waals surface area contributed by atoms with E-state index in [-0.39, 0.29) is 18.0 Å². The maximum atomic E-state index is 12.5. The lowest BCUT2D eigenvalue weighted by atomic mass is 10.1. The fraction of sp³-hybridized carbons (Fsp3) is 0.350. The molecular formula is C20H24N4O2. The van der Waals surface area contributed by atoms with Gasteiger partial charge in [0.15, 0.2) is 0 Å². The molecule has 2 N–H and O–H groups in total. The van der Waals surface area contributed by atoms with Crippen LogP contribution >= 0.6 is 0 Å². The van der Waals surface area contributed by atoms with Crippen LogP contribution in [0.25, 0.3) is 0 Å². The number of amides is 3. The van der Waals surface area contributed by atoms with Crippen LogP contribution in [0.15, 0.2) is 48.7 Å². The predicted octanol–water partition coefficient (Wildman–Crippen LogP) is 2.61. The molecule has 1 unspecified atom stereocenters. The Kier molecular flexibility index (Phi) is 5.84. The third kappa shape index (κ3) is 4.81. The fourth-order valence-corrected chi connectivity index (χ4v) is 2.97. The maximum Gasteiger partial charge on any atom is 0.322 e. The minimum Gasteiger partial charge on any atom is -0.354 e. The molecule has 2 heterocycles. The number of carbonyl (C=O) groups is 2. The number of aryl methyl sites for hydroxylation is 2. The summed E-state index contributed by atoms with van der Waals surface area (Å²) in [6, 6.07) is 13.6. The van der Waals surface area contributed by atoms with Gasteiger partial charge in [0.05, 0.1) is 0 Å². The second kappa shape index (κ2) is 8.47. The molecule has 0 saturated carbocycles. The first kappa shape index (κ1) is 17.9. The highest BCUT2D eigenvalue weighted by atomic mass is 16.2. The predicted molar refractivity (Wildman–Crippen MR) is 101 cm³/mol. The van der Waals surface area contributed by atoms with E-state index in [4.69, 9.17) is 0 Å². The summed E-state index contributed by atoms with van der Waals surface area (Å²) in [7, 11) is 0. The molecule has 1 fully saturated rings. The maximum absolute atomic E-state index is 12.5. The van der Waals surface area contributed by atoms with Crippen molar-refractivity contribution in [3.63, 3.8) is 0 Å². The zero-order valence-corrected chi connectivity index (χ0v) is 14.9. The Morgan fingerprint density at radius 2 is 2.04 bits per heavy atom. The highest BCUT2D eigenvalue weighted by Gasteiger charge is 2.24. The van der Waals surface area contributed by atoms with E-state index in [1.807, 2.05) is 49.4 Å². The molecule has 26 heavy (non-hydrogen) atoms. The lowest BCUT2D eigenvalue weighted by Gasteiger charge is -2.26. The molecule has 0 bridgehead atoms. The Balaban J connectivity index is 1.55. The van der Waals surface area contributed by atoms with Gasteiger partial charge in [0.25, 0.3) is 0 Å². The topological polar surface area (TPSA) is 74.3 Å². The number of aromatic nitrogens is 1. The van der Waals surface area contributed by atoms with Crippen molar-refractivity contribution in [3.8, 4) is 0 Å².